The first kappa shape index (κ1) is 9.32. The molecule has 1 amide bonds. The lowest BCUT2D eigenvalue weighted by atomic mass is 10.2. The highest BCUT2D eigenvalue weighted by Crippen LogP contribution is 2.11. The van der Waals surface area contributed by atoms with Gasteiger partial charge in [0.25, 0.3) is 0 Å². The second-order valence-electron chi connectivity index (χ2n) is 3.72. The van der Waals surface area contributed by atoms with E-state index in [2.05, 4.69) is 5.32 Å². The highest BCUT2D eigenvalue weighted by Gasteiger charge is 2.24. The van der Waals surface area contributed by atoms with Crippen LogP contribution in [0, 0.1) is 6.04 Å². The molecule has 1 saturated heterocycles. The molecule has 1 heterocycles. The quantitative estimate of drug-likeness (QED) is 0.643. The Hall–Kier alpha value is -0.770. The van der Waals surface area contributed by atoms with Gasteiger partial charge in [-0.25, -0.2) is 4.79 Å². The van der Waals surface area contributed by atoms with Crippen LogP contribution in [-0.4, -0.2) is 24.9 Å². The smallest absolute Gasteiger partial charge is 0.408 e. The van der Waals surface area contributed by atoms with Crippen LogP contribution in [0.5, 0.6) is 0 Å². The number of alkyl carbamates (subject to hydrolysis) is 1. The Bertz CT molecular complexity index is 170. The van der Waals surface area contributed by atoms with Gasteiger partial charge >= 0.3 is 6.09 Å². The van der Waals surface area contributed by atoms with Crippen molar-refractivity contribution in [3.8, 4) is 0 Å². The lowest BCUT2D eigenvalue weighted by Gasteiger charge is -2.27. The Morgan fingerprint density at radius 3 is 2.42 bits per heavy atom. The summed E-state index contributed by atoms with van der Waals surface area (Å²) >= 11 is 0. The van der Waals surface area contributed by atoms with E-state index in [-0.39, 0.29) is 0 Å². The predicted octanol–water partition coefficient (Wildman–Crippen LogP) is 1.07. The molecule has 69 valence electrons. The van der Waals surface area contributed by atoms with Crippen LogP contribution in [0.2, 0.25) is 0 Å². The van der Waals surface area contributed by atoms with Crippen LogP contribution in [-0.2, 0) is 9.47 Å². The monoisotopic (exact) mass is 172 g/mol. The fraction of sp³-hybridized carbons (Fsp3) is 0.750. The topological polar surface area (TPSA) is 47.6 Å². The van der Waals surface area contributed by atoms with Gasteiger partial charge in [-0.1, -0.05) is 0 Å². The Morgan fingerprint density at radius 1 is 1.50 bits per heavy atom. The molecule has 0 saturated carbocycles. The zero-order valence-electron chi connectivity index (χ0n) is 7.64. The standard InChI is InChI=1S/C8H14NO3/c1-8(2,3)12-7(10)9-6-4-11-5-6/h4-5H2,1-3H3,(H,9,10). The molecule has 0 aromatic rings. The fourth-order valence-electron chi connectivity index (χ4n) is 0.724. The maximum absolute atomic E-state index is 11.1. The van der Waals surface area contributed by atoms with Crippen molar-refractivity contribution >= 4 is 6.09 Å². The molecule has 1 fully saturated rings. The Balaban J connectivity index is 2.19. The number of hydrogen-bond donors (Lipinski definition) is 1. The van der Waals surface area contributed by atoms with Gasteiger partial charge in [0.1, 0.15) is 11.6 Å². The van der Waals surface area contributed by atoms with Gasteiger partial charge < -0.3 is 14.8 Å². The summed E-state index contributed by atoms with van der Waals surface area (Å²) in [7, 11) is 0. The maximum Gasteiger partial charge on any atom is 0.408 e. The van der Waals surface area contributed by atoms with E-state index in [1.807, 2.05) is 20.8 Å². The van der Waals surface area contributed by atoms with Crippen molar-refractivity contribution in [2.45, 2.75) is 26.4 Å². The molecule has 0 bridgehead atoms. The minimum absolute atomic E-state index is 0.402. The van der Waals surface area contributed by atoms with E-state index >= 15 is 0 Å². The summed E-state index contributed by atoms with van der Waals surface area (Å²) in [5.74, 6) is 0. The van der Waals surface area contributed by atoms with Crippen LogP contribution in [0.3, 0.4) is 0 Å². The van der Waals surface area contributed by atoms with Crippen LogP contribution in [0.1, 0.15) is 20.8 Å². The van der Waals surface area contributed by atoms with E-state index in [1.165, 1.54) is 0 Å². The molecule has 1 aliphatic heterocycles. The molecule has 1 N–H and O–H groups in total. The third-order valence-electron chi connectivity index (χ3n) is 1.23. The van der Waals surface area contributed by atoms with Gasteiger partial charge in [-0.15, -0.1) is 0 Å². The molecule has 0 unspecified atom stereocenters. The lowest BCUT2D eigenvalue weighted by molar-refractivity contribution is 0.0265. The molecule has 4 heteroatoms. The first-order chi connectivity index (χ1) is 5.47. The molecule has 0 aromatic heterocycles. The van der Waals surface area contributed by atoms with E-state index in [0.29, 0.717) is 13.2 Å². The summed E-state index contributed by atoms with van der Waals surface area (Å²) < 4.78 is 9.88. The third kappa shape index (κ3) is 3.09. The van der Waals surface area contributed by atoms with Crippen LogP contribution in [0.4, 0.5) is 4.79 Å². The second-order valence-corrected chi connectivity index (χ2v) is 3.72. The van der Waals surface area contributed by atoms with E-state index < -0.39 is 11.7 Å². The molecule has 0 atom stereocenters. The normalized spacial score (nSPS) is 18.2. The van der Waals surface area contributed by atoms with Gasteiger partial charge in [-0.3, -0.25) is 0 Å². The van der Waals surface area contributed by atoms with Crippen LogP contribution in [0.15, 0.2) is 0 Å². The van der Waals surface area contributed by atoms with Crippen molar-refractivity contribution in [3.63, 3.8) is 0 Å². The minimum atomic E-state index is -0.435. The van der Waals surface area contributed by atoms with Gasteiger partial charge in [-0.05, 0) is 20.8 Å². The van der Waals surface area contributed by atoms with E-state index in [1.54, 1.807) is 0 Å². The number of nitrogens with one attached hydrogen (secondary N) is 1. The number of hydrogen-bond acceptors (Lipinski definition) is 3. The molecule has 1 aliphatic rings. The van der Waals surface area contributed by atoms with Crippen molar-refractivity contribution in [2.24, 2.45) is 0 Å². The highest BCUT2D eigenvalue weighted by atomic mass is 16.6. The summed E-state index contributed by atoms with van der Waals surface area (Å²) in [4.78, 5) is 11.1. The predicted molar refractivity (Wildman–Crippen MR) is 43.4 cm³/mol. The van der Waals surface area contributed by atoms with Gasteiger partial charge in [0.15, 0.2) is 0 Å². The summed E-state index contributed by atoms with van der Waals surface area (Å²) in [6.07, 6.45) is -0.402. The summed E-state index contributed by atoms with van der Waals surface area (Å²) in [5.41, 5.74) is -0.435. The van der Waals surface area contributed by atoms with Crippen LogP contribution < -0.4 is 5.32 Å². The zero-order valence-corrected chi connectivity index (χ0v) is 7.64. The number of rotatable bonds is 1. The average Bonchev–Trinajstić information content (AvgIpc) is 1.74. The number of carbonyl (C=O) groups excluding carboxylic acids is 1. The van der Waals surface area contributed by atoms with Crippen molar-refractivity contribution in [2.75, 3.05) is 13.2 Å². The molecular weight excluding hydrogens is 158 g/mol. The van der Waals surface area contributed by atoms with Gasteiger partial charge in [0.05, 0.1) is 13.2 Å². The van der Waals surface area contributed by atoms with E-state index in [0.717, 1.165) is 6.04 Å². The number of ether oxygens (including phenoxy) is 2. The van der Waals surface area contributed by atoms with Gasteiger partial charge in [-0.2, -0.15) is 0 Å². The first-order valence-electron chi connectivity index (χ1n) is 3.90. The van der Waals surface area contributed by atoms with Crippen molar-refractivity contribution < 1.29 is 14.3 Å². The van der Waals surface area contributed by atoms with Crippen LogP contribution in [0.25, 0.3) is 0 Å². The van der Waals surface area contributed by atoms with Crippen molar-refractivity contribution in [3.05, 3.63) is 6.04 Å². The maximum atomic E-state index is 11.1. The molecule has 0 aromatic carbocycles. The largest absolute Gasteiger partial charge is 0.444 e. The molecule has 4 nitrogen and oxygen atoms in total. The average molecular weight is 172 g/mol. The van der Waals surface area contributed by atoms with Gasteiger partial charge in [0.2, 0.25) is 0 Å². The van der Waals surface area contributed by atoms with Gasteiger partial charge in [0, 0.05) is 0 Å². The Morgan fingerprint density at radius 2 is 2.08 bits per heavy atom. The highest BCUT2D eigenvalue weighted by molar-refractivity contribution is 5.69. The minimum Gasteiger partial charge on any atom is -0.444 e. The SMILES string of the molecule is CC(C)(C)OC(=O)N[C]1COC1. The van der Waals surface area contributed by atoms with Crippen molar-refractivity contribution in [1.82, 2.24) is 5.32 Å². The number of carbonyl (C=O) groups is 1. The Kier molecular flexibility index (Phi) is 2.57. The Labute approximate surface area is 72.2 Å². The summed E-state index contributed by atoms with van der Waals surface area (Å²) in [6, 6.07) is 0.879. The molecule has 0 aliphatic carbocycles. The third-order valence-corrected chi connectivity index (χ3v) is 1.23. The van der Waals surface area contributed by atoms with Crippen molar-refractivity contribution in [1.29, 1.82) is 0 Å². The van der Waals surface area contributed by atoms with E-state index in [9.17, 15) is 4.79 Å². The first-order valence-corrected chi connectivity index (χ1v) is 3.90. The van der Waals surface area contributed by atoms with E-state index in [4.69, 9.17) is 9.47 Å². The molecule has 1 radical (unpaired) electrons. The lowest BCUT2D eigenvalue weighted by Crippen LogP contribution is -2.43. The zero-order chi connectivity index (χ0) is 9.19. The molecule has 12 heavy (non-hydrogen) atoms. The molecular formula is C8H14NO3. The summed E-state index contributed by atoms with van der Waals surface area (Å²) in [6.45, 7) is 6.51. The second kappa shape index (κ2) is 3.31. The summed E-state index contributed by atoms with van der Waals surface area (Å²) in [5, 5.41) is 2.60. The number of amides is 1. The van der Waals surface area contributed by atoms with Crippen LogP contribution >= 0.6 is 0 Å². The molecule has 0 spiro atoms. The fourth-order valence-corrected chi connectivity index (χ4v) is 0.724. The molecule has 1 rings (SSSR count).